The molecule has 0 aliphatic heterocycles. The molecule has 4 heteroatoms. The van der Waals surface area contributed by atoms with E-state index in [0.717, 1.165) is 0 Å². The van der Waals surface area contributed by atoms with Gasteiger partial charge in [-0.25, -0.2) is 9.97 Å². The maximum atomic E-state index is 9.23. The molecule has 0 fully saturated rings. The van der Waals surface area contributed by atoms with E-state index in [4.69, 9.17) is 11.6 Å². The van der Waals surface area contributed by atoms with Crippen molar-refractivity contribution in [2.45, 2.75) is 4.87 Å². The molecule has 1 atom stereocenters. The molecule has 0 bridgehead atoms. The van der Waals surface area contributed by atoms with Gasteiger partial charge in [-0.05, 0) is 11.6 Å². The van der Waals surface area contributed by atoms with Gasteiger partial charge in [0, 0.05) is 12.4 Å². The fourth-order valence-corrected chi connectivity index (χ4v) is 1.61. The molecule has 0 saturated heterocycles. The van der Waals surface area contributed by atoms with Crippen molar-refractivity contribution in [3.63, 3.8) is 0 Å². The third-order valence-corrected chi connectivity index (χ3v) is 2.67. The van der Waals surface area contributed by atoms with Gasteiger partial charge in [-0.1, -0.05) is 41.9 Å². The van der Waals surface area contributed by atoms with Crippen molar-refractivity contribution in [1.29, 1.82) is 5.26 Å². The molecule has 3 nitrogen and oxygen atoms in total. The lowest BCUT2D eigenvalue weighted by molar-refractivity contribution is 0.822. The number of hydrogen-bond donors (Lipinski definition) is 0. The molecule has 2 rings (SSSR count). The maximum absolute atomic E-state index is 9.23. The molecule has 0 N–H and O–H groups in total. The van der Waals surface area contributed by atoms with Crippen LogP contribution in [0.5, 0.6) is 0 Å². The van der Waals surface area contributed by atoms with E-state index in [0.29, 0.717) is 11.4 Å². The average Bonchev–Trinajstić information content (AvgIpc) is 2.40. The quantitative estimate of drug-likeness (QED) is 0.744. The first-order valence-electron chi connectivity index (χ1n) is 4.70. The second-order valence-corrected chi connectivity index (χ2v) is 3.78. The standard InChI is InChI=1S/C12H8ClN3/c13-12(9-14,10-5-2-1-3-6-10)11-15-7-4-8-16-11/h1-8H. The van der Waals surface area contributed by atoms with E-state index >= 15 is 0 Å². The second-order valence-electron chi connectivity index (χ2n) is 3.21. The van der Waals surface area contributed by atoms with Crippen molar-refractivity contribution in [1.82, 2.24) is 9.97 Å². The van der Waals surface area contributed by atoms with Crippen LogP contribution in [0.4, 0.5) is 0 Å². The van der Waals surface area contributed by atoms with Gasteiger partial charge in [0.05, 0.1) is 6.07 Å². The highest BCUT2D eigenvalue weighted by atomic mass is 35.5. The number of halogens is 1. The third-order valence-electron chi connectivity index (χ3n) is 2.20. The summed E-state index contributed by atoms with van der Waals surface area (Å²) < 4.78 is 0. The van der Waals surface area contributed by atoms with Gasteiger partial charge in [-0.15, -0.1) is 0 Å². The van der Waals surface area contributed by atoms with Gasteiger partial charge < -0.3 is 0 Å². The minimum Gasteiger partial charge on any atom is -0.238 e. The first-order chi connectivity index (χ1) is 7.77. The van der Waals surface area contributed by atoms with Crippen LogP contribution in [0.25, 0.3) is 0 Å². The molecule has 1 aromatic heterocycles. The van der Waals surface area contributed by atoms with Crippen molar-refractivity contribution in [2.75, 3.05) is 0 Å². The van der Waals surface area contributed by atoms with Crippen molar-refractivity contribution in [2.24, 2.45) is 0 Å². The van der Waals surface area contributed by atoms with E-state index in [1.165, 1.54) is 0 Å². The first-order valence-corrected chi connectivity index (χ1v) is 5.08. The molecule has 16 heavy (non-hydrogen) atoms. The number of aromatic nitrogens is 2. The molecule has 0 aliphatic carbocycles. The Balaban J connectivity index is 2.55. The molecule has 0 spiro atoms. The van der Waals surface area contributed by atoms with E-state index < -0.39 is 4.87 Å². The zero-order valence-electron chi connectivity index (χ0n) is 8.34. The van der Waals surface area contributed by atoms with Gasteiger partial charge >= 0.3 is 0 Å². The van der Waals surface area contributed by atoms with Crippen LogP contribution in [0.15, 0.2) is 48.8 Å². The second kappa shape index (κ2) is 4.30. The lowest BCUT2D eigenvalue weighted by Crippen LogP contribution is -2.21. The van der Waals surface area contributed by atoms with Crippen LogP contribution >= 0.6 is 11.6 Å². The molecule has 1 unspecified atom stereocenters. The van der Waals surface area contributed by atoms with Crippen LogP contribution < -0.4 is 0 Å². The Morgan fingerprint density at radius 2 is 1.69 bits per heavy atom. The third kappa shape index (κ3) is 1.75. The first kappa shape index (κ1) is 10.6. The Kier molecular flexibility index (Phi) is 2.84. The fraction of sp³-hybridized carbons (Fsp3) is 0.0833. The van der Waals surface area contributed by atoms with Crippen LogP contribution in [0.3, 0.4) is 0 Å². The SMILES string of the molecule is N#CC(Cl)(c1ccccc1)c1ncccn1. The number of nitrogens with zero attached hydrogens (tertiary/aromatic N) is 3. The molecule has 1 heterocycles. The number of hydrogen-bond acceptors (Lipinski definition) is 3. The van der Waals surface area contributed by atoms with E-state index in [9.17, 15) is 5.26 Å². The normalized spacial score (nSPS) is 13.8. The predicted molar refractivity (Wildman–Crippen MR) is 60.7 cm³/mol. The van der Waals surface area contributed by atoms with E-state index in [-0.39, 0.29) is 0 Å². The molecule has 0 saturated carbocycles. The Morgan fingerprint density at radius 1 is 1.06 bits per heavy atom. The van der Waals surface area contributed by atoms with Crippen LogP contribution in [0, 0.1) is 11.3 Å². The van der Waals surface area contributed by atoms with E-state index in [2.05, 4.69) is 16.0 Å². The van der Waals surface area contributed by atoms with Crippen molar-refractivity contribution >= 4 is 11.6 Å². The molecule has 1 aromatic carbocycles. The number of nitriles is 1. The van der Waals surface area contributed by atoms with Gasteiger partial charge in [0.2, 0.25) is 4.87 Å². The Morgan fingerprint density at radius 3 is 2.25 bits per heavy atom. The largest absolute Gasteiger partial charge is 0.238 e. The smallest absolute Gasteiger partial charge is 0.214 e. The fourth-order valence-electron chi connectivity index (χ4n) is 1.39. The zero-order chi connectivity index (χ0) is 11.4. The van der Waals surface area contributed by atoms with Crippen LogP contribution in [-0.4, -0.2) is 9.97 Å². The van der Waals surface area contributed by atoms with Crippen molar-refractivity contribution < 1.29 is 0 Å². The molecule has 78 valence electrons. The molecular formula is C12H8ClN3. The Bertz CT molecular complexity index is 465. The molecular weight excluding hydrogens is 222 g/mol. The molecule has 0 amide bonds. The summed E-state index contributed by atoms with van der Waals surface area (Å²) >= 11 is 6.29. The molecule has 0 radical (unpaired) electrons. The van der Waals surface area contributed by atoms with Crippen molar-refractivity contribution in [3.8, 4) is 6.07 Å². The predicted octanol–water partition coefficient (Wildman–Crippen LogP) is 2.48. The number of benzene rings is 1. The monoisotopic (exact) mass is 229 g/mol. The summed E-state index contributed by atoms with van der Waals surface area (Å²) in [5.41, 5.74) is 0.672. The number of rotatable bonds is 2. The molecule has 2 aromatic rings. The van der Waals surface area contributed by atoms with Crippen LogP contribution in [0.1, 0.15) is 11.4 Å². The summed E-state index contributed by atoms with van der Waals surface area (Å²) in [6.45, 7) is 0. The van der Waals surface area contributed by atoms with E-state index in [1.807, 2.05) is 18.2 Å². The van der Waals surface area contributed by atoms with Gasteiger partial charge in [0.25, 0.3) is 0 Å². The zero-order valence-corrected chi connectivity index (χ0v) is 9.09. The highest BCUT2D eigenvalue weighted by Crippen LogP contribution is 2.33. The summed E-state index contributed by atoms with van der Waals surface area (Å²) in [5.74, 6) is 0.297. The highest BCUT2D eigenvalue weighted by molar-refractivity contribution is 6.27. The van der Waals surface area contributed by atoms with Crippen molar-refractivity contribution in [3.05, 3.63) is 60.2 Å². The lowest BCUT2D eigenvalue weighted by atomic mass is 9.99. The van der Waals surface area contributed by atoms with Gasteiger partial charge in [0.1, 0.15) is 0 Å². The Hall–Kier alpha value is -1.92. The summed E-state index contributed by atoms with van der Waals surface area (Å²) in [5, 5.41) is 9.23. The maximum Gasteiger partial charge on any atom is 0.214 e. The highest BCUT2D eigenvalue weighted by Gasteiger charge is 2.34. The summed E-state index contributed by atoms with van der Waals surface area (Å²) in [4.78, 5) is 6.75. The summed E-state index contributed by atoms with van der Waals surface area (Å²) in [6.07, 6.45) is 3.14. The summed E-state index contributed by atoms with van der Waals surface area (Å²) in [7, 11) is 0. The van der Waals surface area contributed by atoms with Gasteiger partial charge in [-0.2, -0.15) is 5.26 Å². The van der Waals surface area contributed by atoms with Gasteiger partial charge in [-0.3, -0.25) is 0 Å². The minimum atomic E-state index is -1.32. The lowest BCUT2D eigenvalue weighted by Gasteiger charge is -2.17. The topological polar surface area (TPSA) is 49.6 Å². The minimum absolute atomic E-state index is 0.297. The van der Waals surface area contributed by atoms with Crippen LogP contribution in [0.2, 0.25) is 0 Å². The van der Waals surface area contributed by atoms with Gasteiger partial charge in [0.15, 0.2) is 5.82 Å². The molecule has 0 aliphatic rings. The Labute approximate surface area is 98.4 Å². The summed E-state index contributed by atoms with van der Waals surface area (Å²) in [6, 6.07) is 12.8. The van der Waals surface area contributed by atoms with E-state index in [1.54, 1.807) is 30.6 Å². The average molecular weight is 230 g/mol. The number of alkyl halides is 1. The van der Waals surface area contributed by atoms with Crippen LogP contribution in [-0.2, 0) is 4.87 Å².